The van der Waals surface area contributed by atoms with Gasteiger partial charge in [0.05, 0.1) is 12.7 Å². The van der Waals surface area contributed by atoms with Gasteiger partial charge in [-0.25, -0.2) is 12.8 Å². The van der Waals surface area contributed by atoms with E-state index in [2.05, 4.69) is 0 Å². The third-order valence-corrected chi connectivity index (χ3v) is 4.54. The van der Waals surface area contributed by atoms with Crippen LogP contribution >= 0.6 is 0 Å². The molecule has 2 rings (SSSR count). The minimum atomic E-state index is -4.94. The van der Waals surface area contributed by atoms with E-state index in [0.717, 1.165) is 6.07 Å². The summed E-state index contributed by atoms with van der Waals surface area (Å²) in [7, 11) is -2.95. The predicted molar refractivity (Wildman–Crippen MR) is 79.9 cm³/mol. The summed E-state index contributed by atoms with van der Waals surface area (Å²) in [5.41, 5.74) is -1.35. The molecule has 0 bridgehead atoms. The summed E-state index contributed by atoms with van der Waals surface area (Å²) >= 11 is 0. The second-order valence-corrected chi connectivity index (χ2v) is 6.60. The van der Waals surface area contributed by atoms with Gasteiger partial charge in [-0.05, 0) is 42.8 Å². The van der Waals surface area contributed by atoms with Crippen LogP contribution in [0, 0.1) is 12.7 Å². The maximum Gasteiger partial charge on any atom is 0.419 e. The van der Waals surface area contributed by atoms with Crippen LogP contribution < -0.4 is 9.46 Å². The van der Waals surface area contributed by atoms with Gasteiger partial charge in [0.2, 0.25) is 0 Å². The van der Waals surface area contributed by atoms with Gasteiger partial charge in [-0.1, -0.05) is 6.07 Å². The van der Waals surface area contributed by atoms with Gasteiger partial charge in [0, 0.05) is 5.69 Å². The fourth-order valence-electron chi connectivity index (χ4n) is 2.01. The molecule has 0 heterocycles. The second kappa shape index (κ2) is 6.31. The molecule has 0 saturated carbocycles. The maximum absolute atomic E-state index is 13.3. The molecular weight excluding hydrogens is 350 g/mol. The predicted octanol–water partition coefficient (Wildman–Crippen LogP) is 3.96. The van der Waals surface area contributed by atoms with E-state index in [1.165, 1.54) is 19.2 Å². The number of ether oxygens (including phenoxy) is 1. The van der Waals surface area contributed by atoms with Crippen LogP contribution in [0.25, 0.3) is 0 Å². The second-order valence-electron chi connectivity index (χ2n) is 4.95. The van der Waals surface area contributed by atoms with Crippen LogP contribution in [-0.2, 0) is 16.2 Å². The summed E-state index contributed by atoms with van der Waals surface area (Å²) in [6, 6.07) is 6.22. The zero-order valence-corrected chi connectivity index (χ0v) is 13.4. The van der Waals surface area contributed by atoms with Gasteiger partial charge < -0.3 is 4.74 Å². The molecule has 0 fully saturated rings. The summed E-state index contributed by atoms with van der Waals surface area (Å²) in [5.74, 6) is -1.45. The highest BCUT2D eigenvalue weighted by molar-refractivity contribution is 7.92. The topological polar surface area (TPSA) is 55.4 Å². The van der Waals surface area contributed by atoms with Gasteiger partial charge in [0.15, 0.2) is 0 Å². The van der Waals surface area contributed by atoms with E-state index in [-0.39, 0.29) is 10.6 Å². The Morgan fingerprint density at radius 2 is 1.75 bits per heavy atom. The monoisotopic (exact) mass is 363 g/mol. The van der Waals surface area contributed by atoms with E-state index in [4.69, 9.17) is 4.74 Å². The Hall–Kier alpha value is -2.29. The van der Waals surface area contributed by atoms with Crippen LogP contribution in [0.2, 0.25) is 0 Å². The lowest BCUT2D eigenvalue weighted by atomic mass is 10.2. The standard InChI is InChI=1S/C15H13F4NO3S/c1-9-3-6-13(23-2)14(7-9)24(21,22)20-10-4-5-12(16)11(8-10)15(17,18)19/h3-8,20H,1-2H3. The quantitative estimate of drug-likeness (QED) is 0.837. The Balaban J connectivity index is 2.46. The molecule has 0 aromatic heterocycles. The largest absolute Gasteiger partial charge is 0.495 e. The molecule has 0 amide bonds. The molecule has 4 nitrogen and oxygen atoms in total. The first-order chi connectivity index (χ1) is 11.0. The average molecular weight is 363 g/mol. The van der Waals surface area contributed by atoms with Gasteiger partial charge >= 0.3 is 6.18 Å². The Bertz CT molecular complexity index is 864. The lowest BCUT2D eigenvalue weighted by Crippen LogP contribution is -2.16. The van der Waals surface area contributed by atoms with E-state index in [0.29, 0.717) is 17.7 Å². The summed E-state index contributed by atoms with van der Waals surface area (Å²) < 4.78 is 83.2. The highest BCUT2D eigenvalue weighted by atomic mass is 32.2. The molecule has 0 spiro atoms. The Morgan fingerprint density at radius 3 is 2.33 bits per heavy atom. The molecule has 1 N–H and O–H groups in total. The van der Waals surface area contributed by atoms with E-state index in [1.54, 1.807) is 13.0 Å². The van der Waals surface area contributed by atoms with Gasteiger partial charge in [0.25, 0.3) is 10.0 Å². The van der Waals surface area contributed by atoms with Gasteiger partial charge in [-0.2, -0.15) is 13.2 Å². The van der Waals surface area contributed by atoms with Crippen molar-refractivity contribution in [2.24, 2.45) is 0 Å². The lowest BCUT2D eigenvalue weighted by molar-refractivity contribution is -0.139. The maximum atomic E-state index is 13.3. The number of benzene rings is 2. The third-order valence-electron chi connectivity index (χ3n) is 3.13. The van der Waals surface area contributed by atoms with Crippen molar-refractivity contribution in [3.63, 3.8) is 0 Å². The van der Waals surface area contributed by atoms with E-state index >= 15 is 0 Å². The third kappa shape index (κ3) is 3.78. The number of anilines is 1. The highest BCUT2D eigenvalue weighted by Gasteiger charge is 2.34. The molecule has 0 aliphatic carbocycles. The fraction of sp³-hybridized carbons (Fsp3) is 0.200. The molecule has 24 heavy (non-hydrogen) atoms. The normalized spacial score (nSPS) is 12.1. The minimum Gasteiger partial charge on any atom is -0.495 e. The average Bonchev–Trinajstić information content (AvgIpc) is 2.48. The van der Waals surface area contributed by atoms with Crippen molar-refractivity contribution in [1.82, 2.24) is 0 Å². The summed E-state index contributed by atoms with van der Waals surface area (Å²) in [4.78, 5) is -0.233. The molecule has 2 aromatic carbocycles. The molecule has 0 radical (unpaired) electrons. The number of sulfonamides is 1. The van der Waals surface area contributed by atoms with Crippen LogP contribution in [0.15, 0.2) is 41.3 Å². The van der Waals surface area contributed by atoms with Crippen molar-refractivity contribution in [3.8, 4) is 5.75 Å². The smallest absolute Gasteiger partial charge is 0.419 e. The zero-order valence-electron chi connectivity index (χ0n) is 12.6. The molecule has 0 unspecified atom stereocenters. The van der Waals surface area contributed by atoms with E-state index < -0.39 is 33.3 Å². The van der Waals surface area contributed by atoms with E-state index in [1.807, 2.05) is 4.72 Å². The Kier molecular flexibility index (Phi) is 4.75. The number of hydrogen-bond acceptors (Lipinski definition) is 3. The van der Waals surface area contributed by atoms with Crippen molar-refractivity contribution in [1.29, 1.82) is 0 Å². The van der Waals surface area contributed by atoms with Crippen molar-refractivity contribution >= 4 is 15.7 Å². The van der Waals surface area contributed by atoms with Crippen LogP contribution in [0.3, 0.4) is 0 Å². The molecule has 0 aliphatic heterocycles. The molecule has 9 heteroatoms. The summed E-state index contributed by atoms with van der Waals surface area (Å²) in [6.45, 7) is 1.65. The first kappa shape index (κ1) is 18.1. The zero-order chi connectivity index (χ0) is 18.1. The summed E-state index contributed by atoms with van der Waals surface area (Å²) in [6.07, 6.45) is -4.94. The van der Waals surface area contributed by atoms with Crippen molar-refractivity contribution in [2.45, 2.75) is 18.0 Å². The highest BCUT2D eigenvalue weighted by Crippen LogP contribution is 2.34. The molecule has 130 valence electrons. The lowest BCUT2D eigenvalue weighted by Gasteiger charge is -2.14. The van der Waals surface area contributed by atoms with Gasteiger partial charge in [-0.3, -0.25) is 4.72 Å². The van der Waals surface area contributed by atoms with E-state index in [9.17, 15) is 26.0 Å². The van der Waals surface area contributed by atoms with Crippen LogP contribution in [0.4, 0.5) is 23.2 Å². The number of methoxy groups -OCH3 is 1. The first-order valence-electron chi connectivity index (χ1n) is 6.59. The molecule has 0 saturated heterocycles. The molecule has 0 atom stereocenters. The van der Waals surface area contributed by atoms with Crippen molar-refractivity contribution < 1.29 is 30.7 Å². The van der Waals surface area contributed by atoms with Gasteiger partial charge in [-0.15, -0.1) is 0 Å². The van der Waals surface area contributed by atoms with Crippen LogP contribution in [0.1, 0.15) is 11.1 Å². The van der Waals surface area contributed by atoms with Crippen LogP contribution in [0.5, 0.6) is 5.75 Å². The SMILES string of the molecule is COc1ccc(C)cc1S(=O)(=O)Nc1ccc(F)c(C(F)(F)F)c1. The number of hydrogen-bond donors (Lipinski definition) is 1. The summed E-state index contributed by atoms with van der Waals surface area (Å²) in [5, 5.41) is 0. The van der Waals surface area contributed by atoms with Gasteiger partial charge in [0.1, 0.15) is 16.5 Å². The van der Waals surface area contributed by atoms with Crippen LogP contribution in [-0.4, -0.2) is 15.5 Å². The number of aryl methyl sites for hydroxylation is 1. The number of halogens is 4. The fourth-order valence-corrected chi connectivity index (χ4v) is 3.31. The Morgan fingerprint density at radius 1 is 1.08 bits per heavy atom. The number of nitrogens with one attached hydrogen (secondary N) is 1. The molecular formula is C15H13F4NO3S. The number of rotatable bonds is 4. The Labute approximate surface area is 136 Å². The number of alkyl halides is 3. The molecule has 2 aromatic rings. The molecule has 0 aliphatic rings. The first-order valence-corrected chi connectivity index (χ1v) is 8.07. The van der Waals surface area contributed by atoms with Crippen molar-refractivity contribution in [2.75, 3.05) is 11.8 Å². The van der Waals surface area contributed by atoms with Crippen molar-refractivity contribution in [3.05, 3.63) is 53.3 Å². The minimum absolute atomic E-state index is 0.0336.